The van der Waals surface area contributed by atoms with Gasteiger partial charge in [-0.1, -0.05) is 0 Å². The summed E-state index contributed by atoms with van der Waals surface area (Å²) in [6, 6.07) is 13.7. The summed E-state index contributed by atoms with van der Waals surface area (Å²) in [6.45, 7) is 0. The minimum atomic E-state index is -0.496. The van der Waals surface area contributed by atoms with Crippen LogP contribution in [0.4, 0.5) is 0 Å². The molecule has 40 heavy (non-hydrogen) atoms. The Morgan fingerprint density at radius 1 is 0.475 bits per heavy atom. The summed E-state index contributed by atoms with van der Waals surface area (Å²) in [5.74, 6) is 0. The predicted molar refractivity (Wildman–Crippen MR) is 136 cm³/mol. The minimum absolute atomic E-state index is 0.0212. The molecule has 8 aromatic rings. The molecule has 180 valence electrons. The molecule has 0 spiro atoms. The maximum atomic E-state index is 13.8. The highest BCUT2D eigenvalue weighted by Gasteiger charge is 2.25. The third kappa shape index (κ3) is 2.28. The normalized spacial score (nSPS) is 11.6. The van der Waals surface area contributed by atoms with E-state index in [1.54, 1.807) is 24.3 Å². The third-order valence-electron chi connectivity index (χ3n) is 6.92. The van der Waals surface area contributed by atoms with Gasteiger partial charge in [-0.25, -0.2) is 38.7 Å². The van der Waals surface area contributed by atoms with Crippen molar-refractivity contribution in [3.63, 3.8) is 0 Å². The molecule has 0 radical (unpaired) electrons. The van der Waals surface area contributed by atoms with E-state index in [0.29, 0.717) is 21.5 Å². The van der Waals surface area contributed by atoms with E-state index in [2.05, 4.69) is 29.9 Å². The smallest absolute Gasteiger partial charge is 0.266 e. The van der Waals surface area contributed by atoms with Gasteiger partial charge in [-0.15, -0.1) is 0 Å². The number of benzene rings is 2. The Hall–Kier alpha value is -6.90. The van der Waals surface area contributed by atoms with E-state index in [1.807, 2.05) is 24.3 Å². The first kappa shape index (κ1) is 21.2. The van der Waals surface area contributed by atoms with Crippen molar-refractivity contribution >= 4 is 66.2 Å². The molecule has 0 N–H and O–H groups in total. The topological polar surface area (TPSA) is 215 Å². The molecule has 0 amide bonds. The van der Waals surface area contributed by atoms with Gasteiger partial charge >= 0.3 is 0 Å². The molecule has 0 saturated heterocycles. The first-order valence-corrected chi connectivity index (χ1v) is 11.4. The zero-order valence-corrected chi connectivity index (χ0v) is 19.5. The second-order valence-electron chi connectivity index (χ2n) is 8.81. The van der Waals surface area contributed by atoms with E-state index in [9.17, 15) is 30.6 Å². The largest absolute Gasteiger partial charge is 0.268 e. The Morgan fingerprint density at radius 2 is 0.825 bits per heavy atom. The van der Waals surface area contributed by atoms with Crippen LogP contribution in [0.5, 0.6) is 0 Å². The third-order valence-corrected chi connectivity index (χ3v) is 6.92. The Kier molecular flexibility index (Phi) is 3.66. The molecule has 0 saturated carbocycles. The van der Waals surface area contributed by atoms with Gasteiger partial charge < -0.3 is 0 Å². The lowest BCUT2D eigenvalue weighted by molar-refractivity contribution is 1.11. The minimum Gasteiger partial charge on any atom is -0.268 e. The number of nitriles is 4. The molecule has 6 heterocycles. The lowest BCUT2D eigenvalue weighted by Gasteiger charge is -2.11. The lowest BCUT2D eigenvalue weighted by Crippen LogP contribution is -2.17. The highest BCUT2D eigenvalue weighted by molar-refractivity contribution is 6.27. The molecule has 0 aliphatic heterocycles. The van der Waals surface area contributed by atoms with E-state index >= 15 is 0 Å². The van der Waals surface area contributed by atoms with Gasteiger partial charge in [0.1, 0.15) is 24.3 Å². The fourth-order valence-electron chi connectivity index (χ4n) is 5.31. The van der Waals surface area contributed by atoms with Gasteiger partial charge in [-0.3, -0.25) is 9.59 Å². The summed E-state index contributed by atoms with van der Waals surface area (Å²) in [6.07, 6.45) is 0. The number of aromatic nitrogens is 8. The molecule has 0 atom stereocenters. The van der Waals surface area contributed by atoms with Crippen molar-refractivity contribution in [2.75, 3.05) is 0 Å². The van der Waals surface area contributed by atoms with Crippen molar-refractivity contribution in [2.45, 2.75) is 0 Å². The van der Waals surface area contributed by atoms with Gasteiger partial charge in [0.05, 0.1) is 0 Å². The van der Waals surface area contributed by atoms with Gasteiger partial charge in [-0.2, -0.15) is 21.0 Å². The second kappa shape index (κ2) is 6.90. The quantitative estimate of drug-likeness (QED) is 0.261. The highest BCUT2D eigenvalue weighted by Crippen LogP contribution is 2.36. The van der Waals surface area contributed by atoms with E-state index in [0.717, 1.165) is 0 Å². The van der Waals surface area contributed by atoms with Crippen LogP contribution < -0.4 is 11.1 Å². The summed E-state index contributed by atoms with van der Waals surface area (Å²) < 4.78 is 2.48. The summed E-state index contributed by atoms with van der Waals surface area (Å²) in [7, 11) is 0. The van der Waals surface area contributed by atoms with Crippen LogP contribution in [0, 0.1) is 45.3 Å². The van der Waals surface area contributed by atoms with Crippen LogP contribution in [0.15, 0.2) is 33.9 Å². The maximum Gasteiger partial charge on any atom is 0.266 e. The number of pyridine rings is 2. The zero-order valence-electron chi connectivity index (χ0n) is 19.5. The molecule has 0 unspecified atom stereocenters. The van der Waals surface area contributed by atoms with Gasteiger partial charge in [0.25, 0.3) is 11.1 Å². The van der Waals surface area contributed by atoms with Gasteiger partial charge in [0.15, 0.2) is 56.7 Å². The van der Waals surface area contributed by atoms with Crippen molar-refractivity contribution in [3.05, 3.63) is 67.7 Å². The van der Waals surface area contributed by atoms with E-state index < -0.39 is 11.1 Å². The first-order chi connectivity index (χ1) is 19.5. The summed E-state index contributed by atoms with van der Waals surface area (Å²) in [4.78, 5) is 53.1. The molecule has 14 heteroatoms. The SMILES string of the molecule is N#Cc1nc2nc3c4ccc5c(=O)n6c7nc(C#N)c(C#N)nc7nc6c6ccc(c(=O)n3c2nc1C#N)c4c56. The van der Waals surface area contributed by atoms with Crippen molar-refractivity contribution in [1.29, 1.82) is 21.0 Å². The van der Waals surface area contributed by atoms with Crippen LogP contribution >= 0.6 is 0 Å². The fraction of sp³-hybridized carbons (Fsp3) is 0. The summed E-state index contributed by atoms with van der Waals surface area (Å²) >= 11 is 0. The molecule has 0 aliphatic carbocycles. The van der Waals surface area contributed by atoms with Gasteiger partial charge in [0.2, 0.25) is 0 Å². The Morgan fingerprint density at radius 3 is 1.20 bits per heavy atom. The van der Waals surface area contributed by atoms with E-state index in [4.69, 9.17) is 0 Å². The fourth-order valence-corrected chi connectivity index (χ4v) is 5.31. The van der Waals surface area contributed by atoms with Gasteiger partial charge in [0, 0.05) is 32.3 Å². The molecule has 2 aromatic carbocycles. The number of rotatable bonds is 0. The van der Waals surface area contributed by atoms with Crippen LogP contribution in [0.3, 0.4) is 0 Å². The maximum absolute atomic E-state index is 13.8. The lowest BCUT2D eigenvalue weighted by atomic mass is 9.96. The monoisotopic (exact) mass is 516 g/mol. The van der Waals surface area contributed by atoms with Crippen LogP contribution in [0.25, 0.3) is 66.2 Å². The summed E-state index contributed by atoms with van der Waals surface area (Å²) in [5, 5.41) is 40.0. The zero-order chi connectivity index (χ0) is 27.4. The molecule has 14 nitrogen and oxygen atoms in total. The first-order valence-electron chi connectivity index (χ1n) is 11.4. The Balaban J connectivity index is 1.61. The van der Waals surface area contributed by atoms with Crippen LogP contribution in [-0.4, -0.2) is 38.7 Å². The number of hydrogen-bond acceptors (Lipinski definition) is 12. The molecule has 0 fully saturated rings. The molecular weight excluding hydrogens is 512 g/mol. The highest BCUT2D eigenvalue weighted by atomic mass is 16.1. The molecule has 0 bridgehead atoms. The van der Waals surface area contributed by atoms with Crippen molar-refractivity contribution in [1.82, 2.24) is 38.7 Å². The van der Waals surface area contributed by atoms with Crippen LogP contribution in [-0.2, 0) is 0 Å². The van der Waals surface area contributed by atoms with Crippen molar-refractivity contribution in [3.8, 4) is 24.3 Å². The standard InChI is InChI=1S/C26H4N12O2/c27-5-13-15(7-29)33-23-19(31-13)35-21-9-1-3-11-18-10(2-4-12(17(9)18)26(40)37(21)23)22-36-20-24(38(22)25(11)39)34-16(8-30)14(6-28)32-20/h1-4H. The van der Waals surface area contributed by atoms with E-state index in [-0.39, 0.29) is 67.4 Å². The van der Waals surface area contributed by atoms with Gasteiger partial charge in [-0.05, 0) is 24.3 Å². The average molecular weight is 516 g/mol. The predicted octanol–water partition coefficient (Wildman–Crippen LogP) is 1.41. The van der Waals surface area contributed by atoms with E-state index in [1.165, 1.54) is 8.80 Å². The number of fused-ring (bicyclic) bond motifs is 8. The average Bonchev–Trinajstić information content (AvgIpc) is 3.55. The molecular formula is C26H4N12O2. The second-order valence-corrected chi connectivity index (χ2v) is 8.81. The summed E-state index contributed by atoms with van der Waals surface area (Å²) in [5.41, 5.74) is -1.37. The number of nitrogens with zero attached hydrogens (tertiary/aromatic N) is 12. The molecule has 8 rings (SSSR count). The molecule has 0 aliphatic rings. The van der Waals surface area contributed by atoms with Crippen molar-refractivity contribution < 1.29 is 0 Å². The number of hydrogen-bond donors (Lipinski definition) is 0. The Bertz CT molecular complexity index is 2610. The van der Waals surface area contributed by atoms with Crippen molar-refractivity contribution in [2.24, 2.45) is 0 Å². The van der Waals surface area contributed by atoms with Crippen LogP contribution in [0.1, 0.15) is 22.8 Å². The number of imidazole rings is 2. The van der Waals surface area contributed by atoms with Crippen LogP contribution in [0.2, 0.25) is 0 Å². The molecule has 6 aromatic heterocycles. The Labute approximate surface area is 218 Å².